The minimum absolute atomic E-state index is 0.424. The number of primary amides is 1. The molecular weight excluding hydrogens is 244 g/mol. The molecule has 17 heavy (non-hydrogen) atoms. The van der Waals surface area contributed by atoms with Crippen molar-refractivity contribution >= 4 is 23.2 Å². The second-order valence-corrected chi connectivity index (χ2v) is 3.86. The van der Waals surface area contributed by atoms with E-state index < -0.39 is 11.9 Å². The van der Waals surface area contributed by atoms with Gasteiger partial charge in [0.2, 0.25) is 5.91 Å². The number of hydrogen-bond acceptors (Lipinski definition) is 4. The van der Waals surface area contributed by atoms with Crippen LogP contribution >= 0.6 is 11.6 Å². The van der Waals surface area contributed by atoms with Crippen LogP contribution in [-0.2, 0) is 4.79 Å². The summed E-state index contributed by atoms with van der Waals surface area (Å²) in [7, 11) is 3.03. The molecule has 6 heteroatoms. The van der Waals surface area contributed by atoms with Crippen molar-refractivity contribution in [3.8, 4) is 11.5 Å². The van der Waals surface area contributed by atoms with Crippen molar-refractivity contribution in [1.29, 1.82) is 0 Å². The normalized spacial score (nSPS) is 11.8. The maximum absolute atomic E-state index is 11.0. The summed E-state index contributed by atoms with van der Waals surface area (Å²) in [6, 6.07) is 2.74. The molecule has 5 nitrogen and oxygen atoms in total. The van der Waals surface area contributed by atoms with Crippen LogP contribution in [-0.4, -0.2) is 26.2 Å². The van der Waals surface area contributed by atoms with Crippen LogP contribution in [0.1, 0.15) is 6.92 Å². The molecule has 1 aromatic rings. The predicted octanol–water partition coefficient (Wildman–Crippen LogP) is 1.64. The minimum Gasteiger partial charge on any atom is -0.495 e. The lowest BCUT2D eigenvalue weighted by molar-refractivity contribution is -0.118. The molecule has 0 aromatic heterocycles. The molecule has 0 radical (unpaired) electrons. The Labute approximate surface area is 105 Å². The smallest absolute Gasteiger partial charge is 0.239 e. The summed E-state index contributed by atoms with van der Waals surface area (Å²) >= 11 is 5.98. The molecule has 3 N–H and O–H groups in total. The van der Waals surface area contributed by atoms with Crippen LogP contribution in [0.3, 0.4) is 0 Å². The maximum atomic E-state index is 11.0. The lowest BCUT2D eigenvalue weighted by Gasteiger charge is -2.16. The number of carbonyl (C=O) groups is 1. The van der Waals surface area contributed by atoms with Gasteiger partial charge in [0.05, 0.1) is 24.9 Å². The zero-order valence-electron chi connectivity index (χ0n) is 9.91. The molecule has 0 aliphatic heterocycles. The van der Waals surface area contributed by atoms with Crippen LogP contribution in [0, 0.1) is 0 Å². The van der Waals surface area contributed by atoms with E-state index in [1.54, 1.807) is 19.1 Å². The molecule has 1 aromatic carbocycles. The summed E-state index contributed by atoms with van der Waals surface area (Å²) in [5.74, 6) is 0.569. The Morgan fingerprint density at radius 1 is 1.35 bits per heavy atom. The number of ether oxygens (including phenoxy) is 2. The van der Waals surface area contributed by atoms with Crippen LogP contribution < -0.4 is 20.5 Å². The van der Waals surface area contributed by atoms with Crippen LogP contribution in [0.4, 0.5) is 5.69 Å². The van der Waals surface area contributed by atoms with Gasteiger partial charge in [0, 0.05) is 6.07 Å². The monoisotopic (exact) mass is 258 g/mol. The van der Waals surface area contributed by atoms with Gasteiger partial charge in [0.15, 0.2) is 0 Å². The second-order valence-electron chi connectivity index (χ2n) is 3.46. The Balaban J connectivity index is 3.06. The van der Waals surface area contributed by atoms with Gasteiger partial charge in [0.1, 0.15) is 17.5 Å². The van der Waals surface area contributed by atoms with E-state index >= 15 is 0 Å². The third-order valence-corrected chi connectivity index (χ3v) is 2.57. The van der Waals surface area contributed by atoms with Gasteiger partial charge < -0.3 is 20.5 Å². The fourth-order valence-corrected chi connectivity index (χ4v) is 1.52. The number of rotatable bonds is 5. The molecule has 0 saturated carbocycles. The van der Waals surface area contributed by atoms with Crippen molar-refractivity contribution in [2.45, 2.75) is 13.0 Å². The highest BCUT2D eigenvalue weighted by Crippen LogP contribution is 2.36. The van der Waals surface area contributed by atoms with Gasteiger partial charge in [-0.25, -0.2) is 0 Å². The van der Waals surface area contributed by atoms with E-state index in [-0.39, 0.29) is 0 Å². The number of halogens is 1. The van der Waals surface area contributed by atoms with E-state index in [9.17, 15) is 4.79 Å². The summed E-state index contributed by atoms with van der Waals surface area (Å²) in [4.78, 5) is 11.0. The first kappa shape index (κ1) is 13.4. The van der Waals surface area contributed by atoms with Crippen LogP contribution in [0.25, 0.3) is 0 Å². The Morgan fingerprint density at radius 3 is 2.41 bits per heavy atom. The number of nitrogens with one attached hydrogen (secondary N) is 1. The lowest BCUT2D eigenvalue weighted by atomic mass is 10.2. The Kier molecular flexibility index (Phi) is 4.45. The van der Waals surface area contributed by atoms with Gasteiger partial charge in [-0.3, -0.25) is 4.79 Å². The molecule has 0 bridgehead atoms. The summed E-state index contributed by atoms with van der Waals surface area (Å²) < 4.78 is 10.2. The van der Waals surface area contributed by atoms with Crippen molar-refractivity contribution < 1.29 is 14.3 Å². The number of amides is 1. The summed E-state index contributed by atoms with van der Waals surface area (Å²) in [5.41, 5.74) is 5.76. The van der Waals surface area contributed by atoms with Crippen molar-refractivity contribution in [2.24, 2.45) is 5.73 Å². The molecule has 0 heterocycles. The number of nitrogens with two attached hydrogens (primary N) is 1. The SMILES string of the molecule is COc1cc(OC)c(NC(C)C(N)=O)cc1Cl. The highest BCUT2D eigenvalue weighted by molar-refractivity contribution is 6.32. The molecular formula is C11H15ClN2O3. The minimum atomic E-state index is -0.520. The zero-order valence-corrected chi connectivity index (χ0v) is 10.7. The Hall–Kier alpha value is -1.62. The third-order valence-electron chi connectivity index (χ3n) is 2.27. The van der Waals surface area contributed by atoms with Crippen LogP contribution in [0.2, 0.25) is 5.02 Å². The molecule has 1 unspecified atom stereocenters. The van der Waals surface area contributed by atoms with Crippen molar-refractivity contribution in [3.05, 3.63) is 17.2 Å². The lowest BCUT2D eigenvalue weighted by Crippen LogP contribution is -2.32. The fraction of sp³-hybridized carbons (Fsp3) is 0.364. The van der Waals surface area contributed by atoms with E-state index in [1.165, 1.54) is 14.2 Å². The number of methoxy groups -OCH3 is 2. The highest BCUT2D eigenvalue weighted by atomic mass is 35.5. The van der Waals surface area contributed by atoms with Gasteiger partial charge in [-0.2, -0.15) is 0 Å². The van der Waals surface area contributed by atoms with E-state index in [4.69, 9.17) is 26.8 Å². The first-order valence-electron chi connectivity index (χ1n) is 4.97. The van der Waals surface area contributed by atoms with E-state index in [1.807, 2.05) is 0 Å². The quantitative estimate of drug-likeness (QED) is 0.842. The van der Waals surface area contributed by atoms with Gasteiger partial charge in [-0.1, -0.05) is 11.6 Å². The third kappa shape index (κ3) is 3.17. The van der Waals surface area contributed by atoms with E-state index in [2.05, 4.69) is 5.32 Å². The molecule has 1 atom stereocenters. The van der Waals surface area contributed by atoms with Crippen LogP contribution in [0.5, 0.6) is 11.5 Å². The summed E-state index contributed by atoms with van der Waals surface area (Å²) in [6.45, 7) is 1.65. The Morgan fingerprint density at radius 2 is 1.94 bits per heavy atom. The maximum Gasteiger partial charge on any atom is 0.239 e. The van der Waals surface area contributed by atoms with Crippen molar-refractivity contribution in [3.63, 3.8) is 0 Å². The largest absolute Gasteiger partial charge is 0.495 e. The van der Waals surface area contributed by atoms with Crippen molar-refractivity contribution in [1.82, 2.24) is 0 Å². The number of carbonyl (C=O) groups excluding carboxylic acids is 1. The molecule has 0 saturated heterocycles. The molecule has 0 aliphatic carbocycles. The van der Waals surface area contributed by atoms with E-state index in [0.29, 0.717) is 22.2 Å². The predicted molar refractivity (Wildman–Crippen MR) is 66.8 cm³/mol. The molecule has 1 rings (SSSR count). The van der Waals surface area contributed by atoms with Crippen LogP contribution in [0.15, 0.2) is 12.1 Å². The first-order chi connectivity index (χ1) is 7.99. The molecule has 1 amide bonds. The highest BCUT2D eigenvalue weighted by Gasteiger charge is 2.14. The molecule has 0 fully saturated rings. The summed E-state index contributed by atoms with van der Waals surface area (Å²) in [5, 5.41) is 3.34. The average Bonchev–Trinajstić information content (AvgIpc) is 2.29. The fourth-order valence-electron chi connectivity index (χ4n) is 1.28. The van der Waals surface area contributed by atoms with Gasteiger partial charge >= 0.3 is 0 Å². The first-order valence-corrected chi connectivity index (χ1v) is 5.34. The standard InChI is InChI=1S/C11H15ClN2O3/c1-6(11(13)15)14-8-4-7(12)9(16-2)5-10(8)17-3/h4-6,14H,1-3H3,(H2,13,15). The van der Waals surface area contributed by atoms with Gasteiger partial charge in [-0.15, -0.1) is 0 Å². The summed E-state index contributed by atoms with van der Waals surface area (Å²) in [6.07, 6.45) is 0. The van der Waals surface area contributed by atoms with Crippen molar-refractivity contribution in [2.75, 3.05) is 19.5 Å². The zero-order chi connectivity index (χ0) is 13.0. The van der Waals surface area contributed by atoms with Gasteiger partial charge in [-0.05, 0) is 13.0 Å². The second kappa shape index (κ2) is 5.63. The topological polar surface area (TPSA) is 73.6 Å². The Bertz CT molecular complexity index is 423. The molecule has 94 valence electrons. The van der Waals surface area contributed by atoms with Gasteiger partial charge in [0.25, 0.3) is 0 Å². The number of anilines is 1. The average molecular weight is 259 g/mol. The number of hydrogen-bond donors (Lipinski definition) is 2. The molecule has 0 spiro atoms. The molecule has 0 aliphatic rings. The van der Waals surface area contributed by atoms with E-state index in [0.717, 1.165) is 0 Å². The number of benzene rings is 1.